The molecule has 2 aliphatic heterocycles. The van der Waals surface area contributed by atoms with Gasteiger partial charge in [0.05, 0.1) is 5.54 Å². The Morgan fingerprint density at radius 2 is 2.14 bits per heavy atom. The smallest absolute Gasteiger partial charge is 0.417 e. The number of imide groups is 1. The zero-order chi connectivity index (χ0) is 15.8. The highest BCUT2D eigenvalue weighted by atomic mass is 16.6. The first-order valence-corrected chi connectivity index (χ1v) is 7.14. The van der Waals surface area contributed by atoms with Crippen LogP contribution in [-0.2, 0) is 14.3 Å². The molecule has 3 amide bonds. The van der Waals surface area contributed by atoms with Gasteiger partial charge in [-0.15, -0.1) is 0 Å². The summed E-state index contributed by atoms with van der Waals surface area (Å²) in [5, 5.41) is 5.21. The van der Waals surface area contributed by atoms with Crippen LogP contribution in [0.1, 0.15) is 40.5 Å². The van der Waals surface area contributed by atoms with Gasteiger partial charge in [-0.05, 0) is 20.3 Å². The SMILES string of the molecule is CCC[C@H]1C=NN(C(C)=O)[C@@H]1C(=O)N1C(=O)OCC1(C)C. The molecule has 21 heavy (non-hydrogen) atoms. The molecule has 0 aromatic rings. The Balaban J connectivity index is 2.29. The number of nitrogens with zero attached hydrogens (tertiary/aromatic N) is 3. The van der Waals surface area contributed by atoms with E-state index in [0.29, 0.717) is 0 Å². The Morgan fingerprint density at radius 3 is 2.62 bits per heavy atom. The third kappa shape index (κ3) is 2.64. The second-order valence-electron chi connectivity index (χ2n) is 6.07. The van der Waals surface area contributed by atoms with Crippen molar-refractivity contribution in [3.8, 4) is 0 Å². The highest BCUT2D eigenvalue weighted by Crippen LogP contribution is 2.30. The van der Waals surface area contributed by atoms with E-state index in [2.05, 4.69) is 5.10 Å². The number of cyclic esters (lactones) is 1. The molecule has 2 rings (SSSR count). The molecule has 0 spiro atoms. The lowest BCUT2D eigenvalue weighted by atomic mass is 9.94. The van der Waals surface area contributed by atoms with Gasteiger partial charge in [0.15, 0.2) is 0 Å². The van der Waals surface area contributed by atoms with Gasteiger partial charge >= 0.3 is 6.09 Å². The number of rotatable bonds is 3. The predicted molar refractivity (Wildman–Crippen MR) is 75.5 cm³/mol. The lowest BCUT2D eigenvalue weighted by Gasteiger charge is -2.32. The van der Waals surface area contributed by atoms with Crippen LogP contribution >= 0.6 is 0 Å². The summed E-state index contributed by atoms with van der Waals surface area (Å²) in [7, 11) is 0. The molecule has 0 aromatic heterocycles. The number of hydrogen-bond acceptors (Lipinski definition) is 5. The van der Waals surface area contributed by atoms with Crippen molar-refractivity contribution in [2.45, 2.75) is 52.1 Å². The van der Waals surface area contributed by atoms with Crippen LogP contribution in [0.15, 0.2) is 5.10 Å². The molecule has 0 bridgehead atoms. The van der Waals surface area contributed by atoms with E-state index in [0.717, 1.165) is 17.7 Å². The van der Waals surface area contributed by atoms with Crippen molar-refractivity contribution < 1.29 is 19.1 Å². The maximum absolute atomic E-state index is 12.8. The van der Waals surface area contributed by atoms with Gasteiger partial charge < -0.3 is 4.74 Å². The summed E-state index contributed by atoms with van der Waals surface area (Å²) < 4.78 is 4.97. The third-order valence-corrected chi connectivity index (χ3v) is 3.81. The molecule has 0 saturated carbocycles. The lowest BCUT2D eigenvalue weighted by Crippen LogP contribution is -2.55. The molecule has 1 fully saturated rings. The van der Waals surface area contributed by atoms with Gasteiger partial charge in [-0.1, -0.05) is 13.3 Å². The molecule has 0 aliphatic carbocycles. The Morgan fingerprint density at radius 1 is 1.48 bits per heavy atom. The standard InChI is InChI=1S/C14H21N3O4/c1-5-6-10-7-15-17(9(2)18)11(10)12(19)16-13(20)21-8-14(16,3)4/h7,10-11H,5-6,8H2,1-4H3/t10-,11-/m0/s1. The quantitative estimate of drug-likeness (QED) is 0.788. The van der Waals surface area contributed by atoms with Crippen molar-refractivity contribution in [1.29, 1.82) is 0 Å². The monoisotopic (exact) mass is 295 g/mol. The topological polar surface area (TPSA) is 79.3 Å². The first kappa shape index (κ1) is 15.5. The highest BCUT2D eigenvalue weighted by Gasteiger charge is 2.50. The molecule has 2 atom stereocenters. The number of hydrogen-bond donors (Lipinski definition) is 0. The van der Waals surface area contributed by atoms with Crippen LogP contribution < -0.4 is 0 Å². The molecule has 0 aromatic carbocycles. The largest absolute Gasteiger partial charge is 0.447 e. The van der Waals surface area contributed by atoms with E-state index in [-0.39, 0.29) is 18.4 Å². The minimum Gasteiger partial charge on any atom is -0.447 e. The second-order valence-corrected chi connectivity index (χ2v) is 6.07. The van der Waals surface area contributed by atoms with E-state index in [9.17, 15) is 14.4 Å². The first-order valence-electron chi connectivity index (χ1n) is 7.14. The van der Waals surface area contributed by atoms with Crippen LogP contribution in [0, 0.1) is 5.92 Å². The second kappa shape index (κ2) is 5.46. The molecular formula is C14H21N3O4. The first-order chi connectivity index (χ1) is 9.79. The van der Waals surface area contributed by atoms with E-state index < -0.39 is 23.6 Å². The van der Waals surface area contributed by atoms with Gasteiger partial charge in [-0.3, -0.25) is 9.59 Å². The van der Waals surface area contributed by atoms with Gasteiger partial charge in [-0.2, -0.15) is 5.10 Å². The van der Waals surface area contributed by atoms with E-state index in [1.807, 2.05) is 6.92 Å². The molecule has 0 radical (unpaired) electrons. The van der Waals surface area contributed by atoms with Gasteiger partial charge in [0.25, 0.3) is 5.91 Å². The van der Waals surface area contributed by atoms with E-state index in [4.69, 9.17) is 4.74 Å². The fourth-order valence-electron chi connectivity index (χ4n) is 2.76. The molecular weight excluding hydrogens is 274 g/mol. The molecule has 116 valence electrons. The van der Waals surface area contributed by atoms with Crippen LogP contribution in [0.5, 0.6) is 0 Å². The third-order valence-electron chi connectivity index (χ3n) is 3.81. The minimum atomic E-state index is -0.757. The zero-order valence-electron chi connectivity index (χ0n) is 12.8. The van der Waals surface area contributed by atoms with Crippen molar-refractivity contribution in [1.82, 2.24) is 9.91 Å². The van der Waals surface area contributed by atoms with Crippen molar-refractivity contribution in [3.63, 3.8) is 0 Å². The lowest BCUT2D eigenvalue weighted by molar-refractivity contribution is -0.145. The summed E-state index contributed by atoms with van der Waals surface area (Å²) >= 11 is 0. The fraction of sp³-hybridized carbons (Fsp3) is 0.714. The fourth-order valence-corrected chi connectivity index (χ4v) is 2.76. The summed E-state index contributed by atoms with van der Waals surface area (Å²) in [5.41, 5.74) is -0.712. The Labute approximate surface area is 123 Å². The summed E-state index contributed by atoms with van der Waals surface area (Å²) in [6, 6.07) is -0.757. The summed E-state index contributed by atoms with van der Waals surface area (Å²) in [6.45, 7) is 7.04. The molecule has 0 unspecified atom stereocenters. The highest BCUT2D eigenvalue weighted by molar-refractivity contribution is 6.01. The number of ether oxygens (including phenoxy) is 1. The van der Waals surface area contributed by atoms with Crippen molar-refractivity contribution in [2.75, 3.05) is 6.61 Å². The molecule has 7 nitrogen and oxygen atoms in total. The Hall–Kier alpha value is -1.92. The zero-order valence-corrected chi connectivity index (χ0v) is 12.8. The minimum absolute atomic E-state index is 0.156. The predicted octanol–water partition coefficient (Wildman–Crippen LogP) is 1.38. The molecule has 7 heteroatoms. The maximum atomic E-state index is 12.8. The van der Waals surface area contributed by atoms with Crippen molar-refractivity contribution in [2.24, 2.45) is 11.0 Å². The van der Waals surface area contributed by atoms with Gasteiger partial charge in [0.2, 0.25) is 5.91 Å². The van der Waals surface area contributed by atoms with Gasteiger partial charge in [0, 0.05) is 19.1 Å². The number of carbonyl (C=O) groups is 3. The van der Waals surface area contributed by atoms with Crippen LogP contribution in [0.2, 0.25) is 0 Å². The average molecular weight is 295 g/mol. The number of carbonyl (C=O) groups excluding carboxylic acids is 3. The molecule has 2 aliphatic rings. The van der Waals surface area contributed by atoms with E-state index in [1.165, 1.54) is 11.9 Å². The van der Waals surface area contributed by atoms with Crippen LogP contribution in [0.25, 0.3) is 0 Å². The van der Waals surface area contributed by atoms with Crippen LogP contribution in [0.4, 0.5) is 4.79 Å². The Kier molecular flexibility index (Phi) is 4.02. The van der Waals surface area contributed by atoms with Gasteiger partial charge in [0.1, 0.15) is 12.6 Å². The van der Waals surface area contributed by atoms with Crippen LogP contribution in [0.3, 0.4) is 0 Å². The maximum Gasteiger partial charge on any atom is 0.417 e. The average Bonchev–Trinajstić information content (AvgIpc) is 2.91. The number of hydrazone groups is 1. The summed E-state index contributed by atoms with van der Waals surface area (Å²) in [4.78, 5) is 37.5. The summed E-state index contributed by atoms with van der Waals surface area (Å²) in [6.07, 6.45) is 2.56. The molecule has 2 heterocycles. The molecule has 1 saturated heterocycles. The molecule has 0 N–H and O–H groups in total. The van der Waals surface area contributed by atoms with Crippen molar-refractivity contribution >= 4 is 24.1 Å². The van der Waals surface area contributed by atoms with Crippen LogP contribution in [-0.4, -0.2) is 52.2 Å². The normalized spacial score (nSPS) is 27.1. The van der Waals surface area contributed by atoms with Crippen molar-refractivity contribution in [3.05, 3.63) is 0 Å². The Bertz CT molecular complexity index is 500. The number of amides is 3. The van der Waals surface area contributed by atoms with Gasteiger partial charge in [-0.25, -0.2) is 14.7 Å². The van der Waals surface area contributed by atoms with E-state index in [1.54, 1.807) is 20.1 Å². The summed E-state index contributed by atoms with van der Waals surface area (Å²) in [5.74, 6) is -0.905. The van der Waals surface area contributed by atoms with E-state index >= 15 is 0 Å².